The number of amides is 2. The highest BCUT2D eigenvalue weighted by Gasteiger charge is 2.09. The molecule has 0 bridgehead atoms. The number of nitrogens with one attached hydrogen (secondary N) is 1. The Morgan fingerprint density at radius 2 is 2.09 bits per heavy atom. The van der Waals surface area contributed by atoms with Gasteiger partial charge in [-0.25, -0.2) is 9.78 Å². The highest BCUT2D eigenvalue weighted by molar-refractivity contribution is 5.73. The van der Waals surface area contributed by atoms with Gasteiger partial charge >= 0.3 is 6.03 Å². The minimum Gasteiger partial charge on any atom is -0.475 e. The molecule has 6 nitrogen and oxygen atoms in total. The van der Waals surface area contributed by atoms with Crippen molar-refractivity contribution in [1.82, 2.24) is 20.2 Å². The van der Waals surface area contributed by atoms with Crippen LogP contribution in [0.15, 0.2) is 42.7 Å². The molecule has 0 aliphatic carbocycles. The molecule has 0 fully saturated rings. The molecule has 122 valence electrons. The lowest BCUT2D eigenvalue weighted by molar-refractivity contribution is 0.206. The van der Waals surface area contributed by atoms with E-state index in [1.807, 2.05) is 38.1 Å². The lowest BCUT2D eigenvalue weighted by atomic mass is 10.3. The van der Waals surface area contributed by atoms with Gasteiger partial charge in [-0.2, -0.15) is 0 Å². The first kappa shape index (κ1) is 16.7. The van der Waals surface area contributed by atoms with E-state index in [-0.39, 0.29) is 12.1 Å². The first-order chi connectivity index (χ1) is 11.0. The Hall–Kier alpha value is -2.63. The summed E-state index contributed by atoms with van der Waals surface area (Å²) in [5, 5.41) is 2.86. The topological polar surface area (TPSA) is 67.3 Å². The van der Waals surface area contributed by atoms with E-state index in [1.54, 1.807) is 30.4 Å². The van der Waals surface area contributed by atoms with Crippen LogP contribution >= 0.6 is 0 Å². The lowest BCUT2D eigenvalue weighted by Gasteiger charge is -2.17. The molecule has 2 aromatic heterocycles. The summed E-state index contributed by atoms with van der Waals surface area (Å²) in [6, 6.07) is 9.19. The third-order valence-electron chi connectivity index (χ3n) is 3.07. The molecule has 1 N–H and O–H groups in total. The molecule has 0 unspecified atom stereocenters. The third-order valence-corrected chi connectivity index (χ3v) is 3.07. The number of carbonyl (C=O) groups excluding carboxylic acids is 1. The van der Waals surface area contributed by atoms with Crippen molar-refractivity contribution >= 4 is 6.03 Å². The average Bonchev–Trinajstić information content (AvgIpc) is 2.54. The van der Waals surface area contributed by atoms with Crippen molar-refractivity contribution in [2.45, 2.75) is 33.0 Å². The molecule has 6 heteroatoms. The van der Waals surface area contributed by atoms with E-state index >= 15 is 0 Å². The first-order valence-corrected chi connectivity index (χ1v) is 7.55. The largest absolute Gasteiger partial charge is 0.475 e. The molecule has 0 atom stereocenters. The van der Waals surface area contributed by atoms with E-state index in [0.29, 0.717) is 19.0 Å². The first-order valence-electron chi connectivity index (χ1n) is 7.55. The Morgan fingerprint density at radius 1 is 1.26 bits per heavy atom. The van der Waals surface area contributed by atoms with Crippen LogP contribution < -0.4 is 10.1 Å². The summed E-state index contributed by atoms with van der Waals surface area (Å²) in [7, 11) is 1.74. The minimum atomic E-state index is -0.154. The summed E-state index contributed by atoms with van der Waals surface area (Å²) in [5.74, 6) is 0.586. The predicted molar refractivity (Wildman–Crippen MR) is 87.9 cm³/mol. The number of ether oxygens (including phenoxy) is 1. The summed E-state index contributed by atoms with van der Waals surface area (Å²) in [6.07, 6.45) is 3.51. The summed E-state index contributed by atoms with van der Waals surface area (Å²) in [5.41, 5.74) is 1.77. The van der Waals surface area contributed by atoms with Crippen molar-refractivity contribution in [3.05, 3.63) is 54.0 Å². The van der Waals surface area contributed by atoms with Crippen LogP contribution in [0.5, 0.6) is 5.88 Å². The Morgan fingerprint density at radius 3 is 2.70 bits per heavy atom. The van der Waals surface area contributed by atoms with Crippen molar-refractivity contribution in [1.29, 1.82) is 0 Å². The number of rotatable bonds is 6. The van der Waals surface area contributed by atoms with E-state index in [9.17, 15) is 4.79 Å². The van der Waals surface area contributed by atoms with Crippen molar-refractivity contribution in [2.24, 2.45) is 0 Å². The van der Waals surface area contributed by atoms with Gasteiger partial charge in [-0.3, -0.25) is 4.98 Å². The number of aromatic nitrogens is 2. The molecule has 0 saturated carbocycles. The van der Waals surface area contributed by atoms with Gasteiger partial charge in [0.25, 0.3) is 0 Å². The van der Waals surface area contributed by atoms with Gasteiger partial charge < -0.3 is 15.0 Å². The highest BCUT2D eigenvalue weighted by Crippen LogP contribution is 2.09. The van der Waals surface area contributed by atoms with Gasteiger partial charge in [-0.05, 0) is 31.5 Å². The second kappa shape index (κ2) is 8.12. The second-order valence-corrected chi connectivity index (χ2v) is 5.51. The quantitative estimate of drug-likeness (QED) is 0.890. The second-order valence-electron chi connectivity index (χ2n) is 5.51. The summed E-state index contributed by atoms with van der Waals surface area (Å²) < 4.78 is 5.49. The van der Waals surface area contributed by atoms with Crippen LogP contribution in [0.4, 0.5) is 4.79 Å². The monoisotopic (exact) mass is 314 g/mol. The van der Waals surface area contributed by atoms with E-state index < -0.39 is 0 Å². The van der Waals surface area contributed by atoms with Crippen LogP contribution in [-0.4, -0.2) is 34.1 Å². The molecular formula is C17H22N4O2. The van der Waals surface area contributed by atoms with Gasteiger partial charge in [0.05, 0.1) is 18.3 Å². The number of nitrogens with zero attached hydrogens (tertiary/aromatic N) is 3. The zero-order valence-corrected chi connectivity index (χ0v) is 13.7. The molecule has 0 spiro atoms. The number of pyridine rings is 2. The minimum absolute atomic E-state index is 0.0910. The van der Waals surface area contributed by atoms with E-state index in [0.717, 1.165) is 11.3 Å². The van der Waals surface area contributed by atoms with Crippen molar-refractivity contribution in [2.75, 3.05) is 7.05 Å². The van der Waals surface area contributed by atoms with Gasteiger partial charge in [0.2, 0.25) is 5.88 Å². The zero-order valence-electron chi connectivity index (χ0n) is 13.7. The summed E-state index contributed by atoms with van der Waals surface area (Å²) in [4.78, 5) is 22.1. The van der Waals surface area contributed by atoms with Crippen LogP contribution in [0.25, 0.3) is 0 Å². The smallest absolute Gasteiger partial charge is 0.317 e. The van der Waals surface area contributed by atoms with Gasteiger partial charge in [-0.15, -0.1) is 0 Å². The van der Waals surface area contributed by atoms with Crippen LogP contribution in [-0.2, 0) is 13.1 Å². The van der Waals surface area contributed by atoms with Crippen LogP contribution in [0.3, 0.4) is 0 Å². The van der Waals surface area contributed by atoms with E-state index in [2.05, 4.69) is 15.3 Å². The van der Waals surface area contributed by atoms with Gasteiger partial charge in [0.15, 0.2) is 0 Å². The molecule has 23 heavy (non-hydrogen) atoms. The standard InChI is InChI=1S/C17H22N4O2/c1-13(2)23-16-8-7-14(10-19-16)11-20-17(22)21(3)12-15-6-4-5-9-18-15/h4-10,13H,11-12H2,1-3H3,(H,20,22). The number of urea groups is 1. The normalized spacial score (nSPS) is 10.4. The maximum absolute atomic E-state index is 12.1. The van der Waals surface area contributed by atoms with Crippen molar-refractivity contribution < 1.29 is 9.53 Å². The predicted octanol–water partition coefficient (Wildman–Crippen LogP) is 2.61. The molecule has 0 aliphatic rings. The van der Waals surface area contributed by atoms with Gasteiger partial charge in [0, 0.05) is 32.1 Å². The van der Waals surface area contributed by atoms with Gasteiger partial charge in [-0.1, -0.05) is 12.1 Å². The van der Waals surface area contributed by atoms with Crippen LogP contribution in [0.2, 0.25) is 0 Å². The van der Waals surface area contributed by atoms with Crippen LogP contribution in [0, 0.1) is 0 Å². The zero-order chi connectivity index (χ0) is 16.7. The Kier molecular flexibility index (Phi) is 5.91. The average molecular weight is 314 g/mol. The molecule has 2 aromatic rings. The van der Waals surface area contributed by atoms with E-state index in [4.69, 9.17) is 4.74 Å². The third kappa shape index (κ3) is 5.58. The number of hydrogen-bond donors (Lipinski definition) is 1. The molecule has 2 amide bonds. The molecule has 0 saturated heterocycles. The number of hydrogen-bond acceptors (Lipinski definition) is 4. The van der Waals surface area contributed by atoms with E-state index in [1.165, 1.54) is 0 Å². The van der Waals surface area contributed by atoms with Crippen molar-refractivity contribution in [3.8, 4) is 5.88 Å². The molecule has 0 radical (unpaired) electrons. The molecule has 2 rings (SSSR count). The SMILES string of the molecule is CC(C)Oc1ccc(CNC(=O)N(C)Cc2ccccn2)cn1. The molecule has 0 aromatic carbocycles. The van der Waals surface area contributed by atoms with Gasteiger partial charge in [0.1, 0.15) is 0 Å². The Balaban J connectivity index is 1.81. The fraction of sp³-hybridized carbons (Fsp3) is 0.353. The maximum atomic E-state index is 12.1. The Labute approximate surface area is 136 Å². The fourth-order valence-electron chi connectivity index (χ4n) is 1.95. The van der Waals surface area contributed by atoms with Crippen LogP contribution in [0.1, 0.15) is 25.1 Å². The summed E-state index contributed by atoms with van der Waals surface area (Å²) >= 11 is 0. The molecular weight excluding hydrogens is 292 g/mol. The lowest BCUT2D eigenvalue weighted by Crippen LogP contribution is -2.36. The summed E-state index contributed by atoms with van der Waals surface area (Å²) in [6.45, 7) is 4.78. The number of carbonyl (C=O) groups is 1. The molecule has 0 aliphatic heterocycles. The Bertz CT molecular complexity index is 614. The fourth-order valence-corrected chi connectivity index (χ4v) is 1.95. The molecule has 2 heterocycles. The maximum Gasteiger partial charge on any atom is 0.317 e. The highest BCUT2D eigenvalue weighted by atomic mass is 16.5. The van der Waals surface area contributed by atoms with Crippen molar-refractivity contribution in [3.63, 3.8) is 0 Å².